The summed E-state index contributed by atoms with van der Waals surface area (Å²) in [5.74, 6) is 1.62. The van der Waals surface area contributed by atoms with Gasteiger partial charge in [0.2, 0.25) is 5.91 Å². The van der Waals surface area contributed by atoms with Gasteiger partial charge < -0.3 is 24.6 Å². The Kier molecular flexibility index (Phi) is 7.66. The minimum atomic E-state index is -0.221. The van der Waals surface area contributed by atoms with Crippen molar-refractivity contribution < 1.29 is 18.8 Å². The number of halogens is 1. The highest BCUT2D eigenvalue weighted by molar-refractivity contribution is 5.92. The number of anilines is 1. The Labute approximate surface area is 152 Å². The van der Waals surface area contributed by atoms with Gasteiger partial charge in [0.25, 0.3) is 5.89 Å². The van der Waals surface area contributed by atoms with Gasteiger partial charge in [0.1, 0.15) is 0 Å². The second-order valence-electron chi connectivity index (χ2n) is 5.35. The third kappa shape index (κ3) is 5.07. The number of aromatic nitrogens is 2. The van der Waals surface area contributed by atoms with Crippen molar-refractivity contribution >= 4 is 24.0 Å². The molecule has 0 aliphatic rings. The lowest BCUT2D eigenvalue weighted by atomic mass is 10.1. The molecule has 0 spiro atoms. The highest BCUT2D eigenvalue weighted by atomic mass is 35.5. The molecule has 1 heterocycles. The molecule has 0 aliphatic heterocycles. The van der Waals surface area contributed by atoms with Crippen molar-refractivity contribution in [1.82, 2.24) is 15.5 Å². The average Bonchev–Trinajstić information content (AvgIpc) is 3.01. The predicted molar refractivity (Wildman–Crippen MR) is 96.6 cm³/mol. The molecule has 25 heavy (non-hydrogen) atoms. The smallest absolute Gasteiger partial charge is 0.258 e. The van der Waals surface area contributed by atoms with Crippen LogP contribution in [0.1, 0.15) is 19.7 Å². The third-order valence-corrected chi connectivity index (χ3v) is 3.49. The summed E-state index contributed by atoms with van der Waals surface area (Å²) in [5, 5.41) is 9.82. The predicted octanol–water partition coefficient (Wildman–Crippen LogP) is 2.28. The molecule has 1 atom stereocenters. The van der Waals surface area contributed by atoms with Gasteiger partial charge in [-0.15, -0.1) is 12.4 Å². The topological polar surface area (TPSA) is 98.5 Å². The summed E-state index contributed by atoms with van der Waals surface area (Å²) in [4.78, 5) is 15.8. The minimum absolute atomic E-state index is 0. The van der Waals surface area contributed by atoms with Crippen molar-refractivity contribution in [3.05, 3.63) is 18.0 Å². The van der Waals surface area contributed by atoms with Crippen LogP contribution in [0.3, 0.4) is 0 Å². The first kappa shape index (κ1) is 20.7. The zero-order valence-corrected chi connectivity index (χ0v) is 15.7. The average molecular weight is 371 g/mol. The number of carbonyl (C=O) groups is 1. The van der Waals surface area contributed by atoms with Crippen LogP contribution < -0.4 is 20.1 Å². The number of methoxy groups -OCH3 is 2. The van der Waals surface area contributed by atoms with Gasteiger partial charge in [0.05, 0.1) is 19.9 Å². The van der Waals surface area contributed by atoms with Gasteiger partial charge >= 0.3 is 0 Å². The maximum atomic E-state index is 11.4. The molecule has 1 amide bonds. The second kappa shape index (κ2) is 9.24. The summed E-state index contributed by atoms with van der Waals surface area (Å²) in [6, 6.07) is 3.67. The van der Waals surface area contributed by atoms with Gasteiger partial charge in [0.15, 0.2) is 17.3 Å². The lowest BCUT2D eigenvalue weighted by molar-refractivity contribution is -0.114. The first-order valence-electron chi connectivity index (χ1n) is 7.52. The molecule has 8 nitrogen and oxygen atoms in total. The van der Waals surface area contributed by atoms with Crippen LogP contribution in [0.15, 0.2) is 16.7 Å². The molecule has 2 aromatic rings. The molecular weight excluding hydrogens is 348 g/mol. The number of hydrogen-bond acceptors (Lipinski definition) is 7. The Hall–Kier alpha value is -2.32. The zero-order valence-electron chi connectivity index (χ0n) is 14.9. The maximum Gasteiger partial charge on any atom is 0.258 e. The molecule has 138 valence electrons. The number of carbonyl (C=O) groups excluding carboxylic acids is 1. The molecule has 1 aromatic heterocycles. The number of amides is 1. The van der Waals surface area contributed by atoms with E-state index in [2.05, 4.69) is 20.8 Å². The van der Waals surface area contributed by atoms with Gasteiger partial charge in [-0.1, -0.05) is 5.16 Å². The van der Waals surface area contributed by atoms with Crippen LogP contribution in [0.4, 0.5) is 5.69 Å². The van der Waals surface area contributed by atoms with Gasteiger partial charge in [-0.25, -0.2) is 0 Å². The zero-order chi connectivity index (χ0) is 17.7. The number of benzene rings is 1. The monoisotopic (exact) mass is 370 g/mol. The van der Waals surface area contributed by atoms with E-state index in [1.54, 1.807) is 12.1 Å². The van der Waals surface area contributed by atoms with E-state index < -0.39 is 0 Å². The van der Waals surface area contributed by atoms with Crippen LogP contribution in [0, 0.1) is 0 Å². The molecule has 2 rings (SSSR count). The maximum absolute atomic E-state index is 11.4. The normalized spacial score (nSPS) is 11.4. The summed E-state index contributed by atoms with van der Waals surface area (Å²) in [6.07, 6.45) is 0.645. The van der Waals surface area contributed by atoms with E-state index >= 15 is 0 Å². The summed E-state index contributed by atoms with van der Waals surface area (Å²) in [7, 11) is 4.90. The standard InChI is InChI=1S/C16H22N4O4.ClH/c1-9(17-3)6-14-19-16(24-20-14)11-7-12(18-10(2)21)15(23-5)13(8-11)22-4;/h7-9,17H,6H2,1-5H3,(H,18,21);1H. The fourth-order valence-electron chi connectivity index (χ4n) is 2.20. The van der Waals surface area contributed by atoms with E-state index in [0.717, 1.165) is 0 Å². The second-order valence-corrected chi connectivity index (χ2v) is 5.35. The van der Waals surface area contributed by atoms with Crippen LogP contribution in [-0.2, 0) is 11.2 Å². The van der Waals surface area contributed by atoms with Crippen molar-refractivity contribution in [3.8, 4) is 23.0 Å². The van der Waals surface area contributed by atoms with Crippen LogP contribution in [-0.4, -0.2) is 43.4 Å². The number of ether oxygens (including phenoxy) is 2. The number of hydrogen-bond donors (Lipinski definition) is 2. The number of nitrogens with zero attached hydrogens (tertiary/aromatic N) is 2. The lowest BCUT2D eigenvalue weighted by Gasteiger charge is -2.14. The molecule has 0 bridgehead atoms. The third-order valence-electron chi connectivity index (χ3n) is 3.49. The van der Waals surface area contributed by atoms with Crippen molar-refractivity contribution in [2.24, 2.45) is 0 Å². The summed E-state index contributed by atoms with van der Waals surface area (Å²) in [6.45, 7) is 3.45. The quantitative estimate of drug-likeness (QED) is 0.771. The Morgan fingerprint density at radius 1 is 1.32 bits per heavy atom. The van der Waals surface area contributed by atoms with Crippen LogP contribution in [0.5, 0.6) is 11.5 Å². The van der Waals surface area contributed by atoms with Crippen LogP contribution in [0.2, 0.25) is 0 Å². The van der Waals surface area contributed by atoms with E-state index in [9.17, 15) is 4.79 Å². The Morgan fingerprint density at radius 3 is 2.60 bits per heavy atom. The van der Waals surface area contributed by atoms with E-state index in [4.69, 9.17) is 14.0 Å². The Bertz CT molecular complexity index is 720. The van der Waals surface area contributed by atoms with E-state index in [1.165, 1.54) is 21.1 Å². The van der Waals surface area contributed by atoms with Gasteiger partial charge in [-0.2, -0.15) is 4.98 Å². The Balaban J connectivity index is 0.00000312. The number of likely N-dealkylation sites (N-methyl/N-ethyl adjacent to an activating group) is 1. The summed E-state index contributed by atoms with van der Waals surface area (Å²) < 4.78 is 16.0. The SMILES string of the molecule is CNC(C)Cc1noc(-c2cc(NC(C)=O)c(OC)c(OC)c2)n1.Cl. The van der Waals surface area contributed by atoms with Gasteiger partial charge in [-0.05, 0) is 26.1 Å². The van der Waals surface area contributed by atoms with Crippen molar-refractivity contribution in [2.75, 3.05) is 26.6 Å². The van der Waals surface area contributed by atoms with Crippen molar-refractivity contribution in [3.63, 3.8) is 0 Å². The van der Waals surface area contributed by atoms with Gasteiger partial charge in [-0.3, -0.25) is 4.79 Å². The molecule has 1 unspecified atom stereocenters. The summed E-state index contributed by atoms with van der Waals surface area (Å²) in [5.41, 5.74) is 1.11. The highest BCUT2D eigenvalue weighted by Gasteiger charge is 2.18. The molecule has 0 aliphatic carbocycles. The molecule has 9 heteroatoms. The largest absolute Gasteiger partial charge is 0.493 e. The number of nitrogens with one attached hydrogen (secondary N) is 2. The van der Waals surface area contributed by atoms with E-state index in [1.807, 2.05) is 14.0 Å². The van der Waals surface area contributed by atoms with Crippen molar-refractivity contribution in [1.29, 1.82) is 0 Å². The fraction of sp³-hybridized carbons (Fsp3) is 0.438. The molecule has 0 fully saturated rings. The molecule has 1 aromatic carbocycles. The molecule has 0 saturated heterocycles. The first-order chi connectivity index (χ1) is 11.5. The molecule has 0 radical (unpaired) electrons. The summed E-state index contributed by atoms with van der Waals surface area (Å²) >= 11 is 0. The van der Waals surface area contributed by atoms with E-state index in [0.29, 0.717) is 40.9 Å². The molecule has 0 saturated carbocycles. The molecule has 2 N–H and O–H groups in total. The fourth-order valence-corrected chi connectivity index (χ4v) is 2.20. The highest BCUT2D eigenvalue weighted by Crippen LogP contribution is 2.39. The van der Waals surface area contributed by atoms with E-state index in [-0.39, 0.29) is 24.4 Å². The minimum Gasteiger partial charge on any atom is -0.493 e. The first-order valence-corrected chi connectivity index (χ1v) is 7.52. The number of rotatable bonds is 7. The van der Waals surface area contributed by atoms with Crippen molar-refractivity contribution in [2.45, 2.75) is 26.3 Å². The van der Waals surface area contributed by atoms with Crippen LogP contribution >= 0.6 is 12.4 Å². The molecular formula is C16H23ClN4O4. The Morgan fingerprint density at radius 2 is 2.04 bits per heavy atom. The van der Waals surface area contributed by atoms with Crippen LogP contribution in [0.25, 0.3) is 11.5 Å². The lowest BCUT2D eigenvalue weighted by Crippen LogP contribution is -2.24. The van der Waals surface area contributed by atoms with Gasteiger partial charge in [0, 0.05) is 24.9 Å².